The van der Waals surface area contributed by atoms with E-state index in [2.05, 4.69) is 34.7 Å². The van der Waals surface area contributed by atoms with Crippen molar-refractivity contribution in [3.8, 4) is 0 Å². The zero-order valence-corrected chi connectivity index (χ0v) is 27.1. The number of methoxy groups -OCH3 is 1. The highest BCUT2D eigenvalue weighted by Crippen LogP contribution is 2.45. The molecule has 2 amide bonds. The Labute approximate surface area is 270 Å². The molecule has 9 nitrogen and oxygen atoms in total. The normalized spacial score (nSPS) is 33.9. The molecule has 0 saturated heterocycles. The molecule has 0 radical (unpaired) electrons. The van der Waals surface area contributed by atoms with E-state index in [0.29, 0.717) is 41.9 Å². The van der Waals surface area contributed by atoms with Crippen LogP contribution < -0.4 is 5.48 Å². The summed E-state index contributed by atoms with van der Waals surface area (Å²) in [6.07, 6.45) is 16.9. The van der Waals surface area contributed by atoms with Gasteiger partial charge in [-0.25, -0.2) is 5.48 Å². The number of hydrogen-bond donors (Lipinski definition) is 2. The average molecular weight is 638 g/mol. The van der Waals surface area contributed by atoms with Gasteiger partial charge in [-0.1, -0.05) is 35.9 Å². The largest absolute Gasteiger partial charge is 0.496 e. The summed E-state index contributed by atoms with van der Waals surface area (Å²) in [5.41, 5.74) is 2.30. The molecular weight excluding hydrogens is 594 g/mol. The van der Waals surface area contributed by atoms with Crippen molar-refractivity contribution in [1.82, 2.24) is 15.3 Å². The zero-order chi connectivity index (χ0) is 31.8. The van der Waals surface area contributed by atoms with Crippen molar-refractivity contribution in [3.05, 3.63) is 82.3 Å². The van der Waals surface area contributed by atoms with Crippen molar-refractivity contribution in [2.24, 2.45) is 17.8 Å². The van der Waals surface area contributed by atoms with Gasteiger partial charge >= 0.3 is 0 Å². The maximum absolute atomic E-state index is 14.3. The van der Waals surface area contributed by atoms with Gasteiger partial charge in [-0.2, -0.15) is 0 Å². The molecule has 3 aliphatic carbocycles. The van der Waals surface area contributed by atoms with Crippen LogP contribution in [-0.2, 0) is 35.7 Å². The summed E-state index contributed by atoms with van der Waals surface area (Å²) in [5.74, 6) is -1.56. The van der Waals surface area contributed by atoms with Crippen molar-refractivity contribution < 1.29 is 29.0 Å². The number of benzene rings is 1. The fourth-order valence-electron chi connectivity index (χ4n) is 7.97. The molecular formula is C35H44ClN3O6. The smallest absolute Gasteiger partial charge is 0.281 e. The number of hydrogen-bond acceptors (Lipinski definition) is 7. The molecule has 4 bridgehead atoms. The Morgan fingerprint density at radius 2 is 2.07 bits per heavy atom. The first-order chi connectivity index (χ1) is 21.7. The fraction of sp³-hybridized carbons (Fsp3) is 0.543. The van der Waals surface area contributed by atoms with Gasteiger partial charge in [-0.3, -0.25) is 14.4 Å². The summed E-state index contributed by atoms with van der Waals surface area (Å²) in [7, 11) is 4.76. The molecule has 242 valence electrons. The van der Waals surface area contributed by atoms with Crippen molar-refractivity contribution in [1.29, 1.82) is 0 Å². The van der Waals surface area contributed by atoms with Crippen LogP contribution in [0.25, 0.3) is 0 Å². The topological polar surface area (TPSA) is 101 Å². The second kappa shape index (κ2) is 12.9. The number of hydroxylamine groups is 1. The standard InChI is InChI=1S/C35H44ClN3O6/c1-38-17-5-4-8-29(43-2)27-12-9-24(27)20-39-18-15-25-10-14-30(31(32(38)40)35(25,42)33(41)37-44-3)45-22-34(21-39)16-6-7-23-19-26(36)11-13-28(23)34/h4,8,10-11,13-15,18-19,24,27,29,31,42H,5-7,9,12,16-17,20-22H2,1-3H3,(H,37,41)/b8-4+,18-15?/t24-,27+,29-,31?,34-,35-/m0/s1. The first-order valence-corrected chi connectivity index (χ1v) is 16.3. The number of ether oxygens (including phenoxy) is 2. The third kappa shape index (κ3) is 5.84. The number of amides is 2. The van der Waals surface area contributed by atoms with E-state index in [1.807, 2.05) is 12.3 Å². The Morgan fingerprint density at radius 3 is 2.82 bits per heavy atom. The van der Waals surface area contributed by atoms with E-state index in [1.54, 1.807) is 37.3 Å². The Balaban J connectivity index is 1.51. The molecule has 6 aliphatic rings. The van der Waals surface area contributed by atoms with Crippen molar-refractivity contribution in [2.75, 3.05) is 47.5 Å². The van der Waals surface area contributed by atoms with Crippen LogP contribution in [0.5, 0.6) is 0 Å². The summed E-state index contributed by atoms with van der Waals surface area (Å²) < 4.78 is 12.6. The molecule has 3 aliphatic heterocycles. The maximum atomic E-state index is 14.3. The molecule has 1 saturated carbocycles. The van der Waals surface area contributed by atoms with E-state index in [0.717, 1.165) is 38.6 Å². The van der Waals surface area contributed by atoms with E-state index in [1.165, 1.54) is 18.2 Å². The zero-order valence-electron chi connectivity index (χ0n) is 26.3. The predicted molar refractivity (Wildman–Crippen MR) is 171 cm³/mol. The van der Waals surface area contributed by atoms with Crippen molar-refractivity contribution >= 4 is 23.4 Å². The van der Waals surface area contributed by atoms with Crippen LogP contribution in [0.3, 0.4) is 0 Å². The molecule has 1 aromatic rings. The van der Waals surface area contributed by atoms with E-state index in [9.17, 15) is 14.7 Å². The Hall–Kier alpha value is -3.11. The van der Waals surface area contributed by atoms with Crippen molar-refractivity contribution in [3.63, 3.8) is 0 Å². The van der Waals surface area contributed by atoms with E-state index in [-0.39, 0.29) is 18.5 Å². The number of rotatable bonds is 3. The summed E-state index contributed by atoms with van der Waals surface area (Å²) in [4.78, 5) is 36.8. The lowest BCUT2D eigenvalue weighted by molar-refractivity contribution is -0.160. The minimum atomic E-state index is -2.27. The van der Waals surface area contributed by atoms with Gasteiger partial charge < -0.3 is 24.4 Å². The number of carbonyl (C=O) groups excluding carboxylic acids is 2. The lowest BCUT2D eigenvalue weighted by atomic mass is 9.68. The number of fused-ring (bicyclic) bond motifs is 4. The van der Waals surface area contributed by atoms with Crippen LogP contribution in [0.4, 0.5) is 0 Å². The molecule has 6 atom stereocenters. The molecule has 0 aromatic heterocycles. The van der Waals surface area contributed by atoms with Gasteiger partial charge in [0.25, 0.3) is 5.91 Å². The number of aryl methyl sites for hydroxylation is 1. The highest BCUT2D eigenvalue weighted by atomic mass is 35.5. The molecule has 1 spiro atoms. The summed E-state index contributed by atoms with van der Waals surface area (Å²) in [5, 5.41) is 13.1. The fourth-order valence-corrected chi connectivity index (χ4v) is 8.16. The molecule has 10 heteroatoms. The van der Waals surface area contributed by atoms with Gasteiger partial charge in [-0.15, -0.1) is 0 Å². The molecule has 3 heterocycles. The molecule has 1 fully saturated rings. The van der Waals surface area contributed by atoms with E-state index in [4.69, 9.17) is 25.9 Å². The summed E-state index contributed by atoms with van der Waals surface area (Å²) >= 11 is 6.46. The number of nitrogens with one attached hydrogen (secondary N) is 1. The predicted octanol–water partition coefficient (Wildman–Crippen LogP) is 4.07. The Bertz CT molecular complexity index is 1440. The van der Waals surface area contributed by atoms with Crippen LogP contribution in [0, 0.1) is 17.8 Å². The highest BCUT2D eigenvalue weighted by molar-refractivity contribution is 6.30. The minimum Gasteiger partial charge on any atom is -0.496 e. The summed E-state index contributed by atoms with van der Waals surface area (Å²) in [6, 6.07) is 6.11. The first kappa shape index (κ1) is 31.9. The van der Waals surface area contributed by atoms with Gasteiger partial charge in [0.2, 0.25) is 5.91 Å². The number of carbonyl (C=O) groups is 2. The third-order valence-corrected chi connectivity index (χ3v) is 10.8. The molecule has 1 unspecified atom stereocenters. The van der Waals surface area contributed by atoms with Crippen LogP contribution in [0.2, 0.25) is 5.02 Å². The number of nitrogens with zero attached hydrogens (tertiary/aromatic N) is 2. The van der Waals surface area contributed by atoms with Crippen LogP contribution >= 0.6 is 11.6 Å². The van der Waals surface area contributed by atoms with Crippen LogP contribution in [0.15, 0.2) is 66.1 Å². The SMILES string of the molecule is CONC(=O)[C@]1(O)C2=CC=C3OC[C@]4(CCCc5cc(Cl)ccc54)CN(C=C2)C[C@@H]2CC[C@H]2[C@@H](OC)/C=C/CCN(C)C(=O)C31. The van der Waals surface area contributed by atoms with E-state index >= 15 is 0 Å². The monoisotopic (exact) mass is 637 g/mol. The summed E-state index contributed by atoms with van der Waals surface area (Å²) in [6.45, 7) is 2.11. The van der Waals surface area contributed by atoms with E-state index < -0.39 is 28.7 Å². The number of halogens is 1. The quantitative estimate of drug-likeness (QED) is 0.381. The average Bonchev–Trinajstić information content (AvgIpc) is 3.05. The van der Waals surface area contributed by atoms with Gasteiger partial charge in [0.1, 0.15) is 11.7 Å². The lowest BCUT2D eigenvalue weighted by Gasteiger charge is -2.46. The highest BCUT2D eigenvalue weighted by Gasteiger charge is 2.56. The minimum absolute atomic E-state index is 0.00604. The van der Waals surface area contributed by atoms with Crippen molar-refractivity contribution in [2.45, 2.75) is 55.6 Å². The number of allylic oxidation sites excluding steroid dienone is 2. The second-order valence-electron chi connectivity index (χ2n) is 13.2. The Kier molecular flexibility index (Phi) is 9.17. The molecule has 7 rings (SSSR count). The van der Waals surface area contributed by atoms with Gasteiger partial charge in [0.05, 0.1) is 19.8 Å². The van der Waals surface area contributed by atoms with Crippen LogP contribution in [0.1, 0.15) is 43.2 Å². The third-order valence-electron chi connectivity index (χ3n) is 10.6. The van der Waals surface area contributed by atoms with Gasteiger partial charge in [0.15, 0.2) is 5.60 Å². The van der Waals surface area contributed by atoms with Crippen LogP contribution in [-0.4, -0.2) is 85.9 Å². The number of aliphatic hydroxyl groups is 1. The van der Waals surface area contributed by atoms with Gasteiger partial charge in [0, 0.05) is 44.2 Å². The maximum Gasteiger partial charge on any atom is 0.281 e. The molecule has 2 N–H and O–H groups in total. The molecule has 1 aromatic carbocycles. The lowest BCUT2D eigenvalue weighted by Crippen LogP contribution is -2.59. The Morgan fingerprint density at radius 1 is 1.22 bits per heavy atom. The second-order valence-corrected chi connectivity index (χ2v) is 13.6. The first-order valence-electron chi connectivity index (χ1n) is 16.0. The van der Waals surface area contributed by atoms with Gasteiger partial charge in [-0.05, 0) is 97.5 Å². The molecule has 45 heavy (non-hydrogen) atoms.